The van der Waals surface area contributed by atoms with Gasteiger partial charge in [-0.05, 0) is 37.3 Å². The van der Waals surface area contributed by atoms with Gasteiger partial charge in [-0.2, -0.15) is 4.31 Å². The number of hydrogen-bond donors (Lipinski definition) is 2. The maximum atomic E-state index is 13.4. The van der Waals surface area contributed by atoms with Gasteiger partial charge >= 0.3 is 0 Å². The number of fused-ring (bicyclic) bond motifs is 1. The molecule has 3 aromatic rings. The van der Waals surface area contributed by atoms with E-state index in [1.54, 1.807) is 53.8 Å². The molecule has 1 aliphatic rings. The standard InChI is InChI=1S/C27H34N6O6S/c1-18-13-33(19(2)16-34)26(35)12-21-11-22(30-27(36)20-7-9-28-10-8-20)5-6-23(21)39-24(18)14-32(4)40(37,38)25-15-31(3)17-29-25/h5-11,15,17-19,24,34H,12-14,16H2,1-4H3,(H,30,36)/t18-,19+,24-/m1/s1. The Labute approximate surface area is 233 Å². The van der Waals surface area contributed by atoms with Gasteiger partial charge in [-0.3, -0.25) is 14.6 Å². The number of aromatic nitrogens is 3. The number of pyridine rings is 1. The molecule has 0 fully saturated rings. The molecule has 3 atom stereocenters. The molecule has 3 heterocycles. The summed E-state index contributed by atoms with van der Waals surface area (Å²) in [6.45, 7) is 3.65. The van der Waals surface area contributed by atoms with Gasteiger partial charge in [0, 0.05) is 62.0 Å². The summed E-state index contributed by atoms with van der Waals surface area (Å²) in [6.07, 6.45) is 5.23. The van der Waals surface area contributed by atoms with E-state index in [1.807, 2.05) is 6.92 Å². The molecule has 0 bridgehead atoms. The van der Waals surface area contributed by atoms with Crippen LogP contribution in [0.2, 0.25) is 0 Å². The van der Waals surface area contributed by atoms with Crippen molar-refractivity contribution in [3.05, 3.63) is 66.4 Å². The predicted molar refractivity (Wildman–Crippen MR) is 147 cm³/mol. The highest BCUT2D eigenvalue weighted by Gasteiger charge is 2.34. The highest BCUT2D eigenvalue weighted by atomic mass is 32.2. The van der Waals surface area contributed by atoms with E-state index in [2.05, 4.69) is 15.3 Å². The van der Waals surface area contributed by atoms with Crippen LogP contribution in [-0.2, 0) is 28.3 Å². The maximum Gasteiger partial charge on any atom is 0.261 e. The predicted octanol–water partition coefficient (Wildman–Crippen LogP) is 1.54. The van der Waals surface area contributed by atoms with Crippen molar-refractivity contribution in [3.8, 4) is 5.75 Å². The molecule has 0 saturated carbocycles. The van der Waals surface area contributed by atoms with Crippen molar-refractivity contribution in [2.24, 2.45) is 13.0 Å². The minimum absolute atomic E-state index is 0.00438. The normalized spacial score (nSPS) is 18.8. The lowest BCUT2D eigenvalue weighted by atomic mass is 10.0. The number of benzene rings is 1. The SMILES string of the molecule is C[C@@H]1CN([C@@H](C)CO)C(=O)Cc2cc(NC(=O)c3ccncc3)ccc2O[C@@H]1CN(C)S(=O)(=O)c1cn(C)cn1. The van der Waals surface area contributed by atoms with Crippen LogP contribution in [0.4, 0.5) is 5.69 Å². The van der Waals surface area contributed by atoms with Crippen LogP contribution < -0.4 is 10.1 Å². The van der Waals surface area contributed by atoms with E-state index in [9.17, 15) is 23.1 Å². The molecule has 0 radical (unpaired) electrons. The summed E-state index contributed by atoms with van der Waals surface area (Å²) in [6, 6.07) is 7.75. The second kappa shape index (κ2) is 12.1. The number of nitrogens with one attached hydrogen (secondary N) is 1. The highest BCUT2D eigenvalue weighted by Crippen LogP contribution is 2.30. The second-order valence-electron chi connectivity index (χ2n) is 10.1. The largest absolute Gasteiger partial charge is 0.488 e. The smallest absolute Gasteiger partial charge is 0.261 e. The number of carbonyl (C=O) groups excluding carboxylic acids is 2. The van der Waals surface area contributed by atoms with Crippen molar-refractivity contribution in [3.63, 3.8) is 0 Å². The topological polar surface area (TPSA) is 147 Å². The Hall–Kier alpha value is -3.81. The third kappa shape index (κ3) is 6.49. The zero-order valence-corrected chi connectivity index (χ0v) is 23.7. The van der Waals surface area contributed by atoms with Crippen molar-refractivity contribution >= 4 is 27.5 Å². The molecule has 13 heteroatoms. The fourth-order valence-corrected chi connectivity index (χ4v) is 5.61. The monoisotopic (exact) mass is 570 g/mol. The molecule has 0 spiro atoms. The summed E-state index contributed by atoms with van der Waals surface area (Å²) >= 11 is 0. The van der Waals surface area contributed by atoms with Crippen LogP contribution in [0.1, 0.15) is 29.8 Å². The first kappa shape index (κ1) is 29.2. The number of nitrogens with zero attached hydrogens (tertiary/aromatic N) is 5. The third-order valence-electron chi connectivity index (χ3n) is 6.91. The molecular weight excluding hydrogens is 536 g/mol. The molecule has 0 saturated heterocycles. The van der Waals surface area contributed by atoms with E-state index in [-0.39, 0.29) is 48.9 Å². The molecule has 1 aromatic carbocycles. The Bertz CT molecular complexity index is 1460. The lowest BCUT2D eigenvalue weighted by Crippen LogP contribution is -2.48. The molecule has 40 heavy (non-hydrogen) atoms. The molecule has 2 N–H and O–H groups in total. The Morgan fingerprint density at radius 3 is 2.65 bits per heavy atom. The van der Waals surface area contributed by atoms with E-state index in [0.717, 1.165) is 0 Å². The van der Waals surface area contributed by atoms with Crippen LogP contribution >= 0.6 is 0 Å². The van der Waals surface area contributed by atoms with E-state index in [0.29, 0.717) is 22.6 Å². The van der Waals surface area contributed by atoms with Gasteiger partial charge in [-0.15, -0.1) is 0 Å². The number of aliphatic hydroxyl groups is 1. The number of aryl methyl sites for hydroxylation is 1. The number of imidazole rings is 1. The van der Waals surface area contributed by atoms with Crippen molar-refractivity contribution in [2.45, 2.75) is 37.4 Å². The van der Waals surface area contributed by atoms with Gasteiger partial charge in [0.25, 0.3) is 15.9 Å². The van der Waals surface area contributed by atoms with Crippen LogP contribution in [0, 0.1) is 5.92 Å². The number of aliphatic hydroxyl groups excluding tert-OH is 1. The number of hydrogen-bond acceptors (Lipinski definition) is 8. The molecule has 12 nitrogen and oxygen atoms in total. The molecule has 2 amide bonds. The molecule has 4 rings (SSSR count). The van der Waals surface area contributed by atoms with Crippen molar-refractivity contribution in [1.29, 1.82) is 0 Å². The van der Waals surface area contributed by atoms with Gasteiger partial charge < -0.3 is 24.6 Å². The van der Waals surface area contributed by atoms with Gasteiger partial charge in [-0.25, -0.2) is 13.4 Å². The van der Waals surface area contributed by atoms with Crippen LogP contribution in [0.15, 0.2) is 60.3 Å². The zero-order valence-electron chi connectivity index (χ0n) is 22.9. The number of rotatable bonds is 8. The van der Waals surface area contributed by atoms with Crippen molar-refractivity contribution < 1.29 is 27.9 Å². The van der Waals surface area contributed by atoms with Gasteiger partial charge in [-0.1, -0.05) is 6.92 Å². The minimum Gasteiger partial charge on any atom is -0.488 e. The number of carbonyl (C=O) groups is 2. The van der Waals surface area contributed by atoms with Gasteiger partial charge in [0.05, 0.1) is 31.9 Å². The average Bonchev–Trinajstić information content (AvgIpc) is 3.40. The number of likely N-dealkylation sites (N-methyl/N-ethyl adjacent to an activating group) is 1. The zero-order chi connectivity index (χ0) is 29.0. The number of ether oxygens (including phenoxy) is 1. The quantitative estimate of drug-likeness (QED) is 0.415. The molecular formula is C27H34N6O6S. The van der Waals surface area contributed by atoms with E-state index >= 15 is 0 Å². The maximum absolute atomic E-state index is 13.4. The lowest BCUT2D eigenvalue weighted by molar-refractivity contribution is -0.134. The Morgan fingerprint density at radius 1 is 1.27 bits per heavy atom. The summed E-state index contributed by atoms with van der Waals surface area (Å²) in [7, 11) is -0.740. The fourth-order valence-electron chi connectivity index (χ4n) is 4.46. The molecule has 2 aromatic heterocycles. The van der Waals surface area contributed by atoms with E-state index in [1.165, 1.54) is 36.3 Å². The van der Waals surface area contributed by atoms with Crippen LogP contribution in [0.5, 0.6) is 5.75 Å². The van der Waals surface area contributed by atoms with Crippen molar-refractivity contribution in [2.75, 3.05) is 32.1 Å². The number of anilines is 1. The Morgan fingerprint density at radius 2 is 2.00 bits per heavy atom. The Kier molecular flexibility index (Phi) is 8.86. The molecule has 214 valence electrons. The lowest BCUT2D eigenvalue weighted by Gasteiger charge is -2.33. The Balaban J connectivity index is 1.65. The van der Waals surface area contributed by atoms with Gasteiger partial charge in [0.1, 0.15) is 11.9 Å². The van der Waals surface area contributed by atoms with Crippen LogP contribution in [0.25, 0.3) is 0 Å². The van der Waals surface area contributed by atoms with Gasteiger partial charge in [0.15, 0.2) is 5.03 Å². The first-order chi connectivity index (χ1) is 19.0. The second-order valence-corrected chi connectivity index (χ2v) is 12.1. The molecule has 0 unspecified atom stereocenters. The summed E-state index contributed by atoms with van der Waals surface area (Å²) in [5.41, 5.74) is 1.43. The summed E-state index contributed by atoms with van der Waals surface area (Å²) in [5, 5.41) is 12.6. The number of sulfonamides is 1. The van der Waals surface area contributed by atoms with E-state index in [4.69, 9.17) is 4.74 Å². The first-order valence-corrected chi connectivity index (χ1v) is 14.3. The summed E-state index contributed by atoms with van der Waals surface area (Å²) in [5.74, 6) is -0.433. The van der Waals surface area contributed by atoms with Gasteiger partial charge in [0.2, 0.25) is 5.91 Å². The first-order valence-electron chi connectivity index (χ1n) is 12.8. The molecule has 0 aliphatic carbocycles. The van der Waals surface area contributed by atoms with Crippen LogP contribution in [-0.4, -0.2) is 88.0 Å². The summed E-state index contributed by atoms with van der Waals surface area (Å²) in [4.78, 5) is 35.6. The van der Waals surface area contributed by atoms with Crippen molar-refractivity contribution in [1.82, 2.24) is 23.7 Å². The third-order valence-corrected chi connectivity index (χ3v) is 8.62. The average molecular weight is 571 g/mol. The van der Waals surface area contributed by atoms with Crippen LogP contribution in [0.3, 0.4) is 0 Å². The summed E-state index contributed by atoms with van der Waals surface area (Å²) < 4.78 is 35.5. The molecule has 1 aliphatic heterocycles. The number of amides is 2. The minimum atomic E-state index is -3.89. The highest BCUT2D eigenvalue weighted by molar-refractivity contribution is 7.89. The van der Waals surface area contributed by atoms with E-state index < -0.39 is 22.2 Å². The fraction of sp³-hybridized carbons (Fsp3) is 0.407.